The summed E-state index contributed by atoms with van der Waals surface area (Å²) in [5, 5.41) is 14.9. The van der Waals surface area contributed by atoms with E-state index >= 15 is 0 Å². The van der Waals surface area contributed by atoms with Crippen molar-refractivity contribution < 1.29 is 9.90 Å². The molecular weight excluding hydrogens is 374 g/mol. The zero-order chi connectivity index (χ0) is 20.0. The normalized spacial score (nSPS) is 25.1. The number of fused-ring (bicyclic) bond motifs is 1. The van der Waals surface area contributed by atoms with Gasteiger partial charge in [-0.1, -0.05) is 18.5 Å². The average Bonchev–Trinajstić information content (AvgIpc) is 3.49. The number of hydrogen-bond acceptors (Lipinski definition) is 4. The minimum Gasteiger partial charge on any atom is -0.378 e. The van der Waals surface area contributed by atoms with Gasteiger partial charge in [0.1, 0.15) is 6.23 Å². The number of nitrogens with zero attached hydrogens (tertiary/aromatic N) is 1. The highest BCUT2D eigenvalue weighted by molar-refractivity contribution is 6.30. The topological polar surface area (TPSA) is 78.6 Å². The Balaban J connectivity index is 1.81. The van der Waals surface area contributed by atoms with Gasteiger partial charge in [0.25, 0.3) is 0 Å². The van der Waals surface area contributed by atoms with Crippen molar-refractivity contribution in [2.75, 3.05) is 10.2 Å². The number of nitrogens with one attached hydrogen (secondary N) is 1. The number of amides is 1. The van der Waals surface area contributed by atoms with Crippen molar-refractivity contribution in [1.82, 2.24) is 0 Å². The number of primary amides is 1. The summed E-state index contributed by atoms with van der Waals surface area (Å²) in [6.45, 7) is 4.02. The molecule has 0 aromatic heterocycles. The molecular formula is C22H26ClN3O2. The van der Waals surface area contributed by atoms with E-state index in [1.165, 1.54) is 12.8 Å². The highest BCUT2D eigenvalue weighted by atomic mass is 35.5. The number of carbonyl (C=O) groups excluding carboxylic acids is 1. The van der Waals surface area contributed by atoms with Crippen molar-refractivity contribution in [3.63, 3.8) is 0 Å². The van der Waals surface area contributed by atoms with Crippen molar-refractivity contribution in [2.24, 2.45) is 17.6 Å². The molecule has 4 atom stereocenters. The molecule has 0 spiro atoms. The van der Waals surface area contributed by atoms with Gasteiger partial charge in [-0.2, -0.15) is 0 Å². The molecule has 0 saturated heterocycles. The number of aliphatic hydroxyl groups excluding tert-OH is 1. The molecule has 1 aliphatic heterocycles. The highest BCUT2D eigenvalue weighted by Gasteiger charge is 2.47. The Hall–Kier alpha value is -2.24. The van der Waals surface area contributed by atoms with E-state index in [2.05, 4.69) is 17.1 Å². The molecule has 2 aliphatic rings. The van der Waals surface area contributed by atoms with E-state index in [1.807, 2.05) is 36.4 Å². The van der Waals surface area contributed by atoms with Crippen molar-refractivity contribution >= 4 is 28.9 Å². The third kappa shape index (κ3) is 3.45. The fraction of sp³-hybridized carbons (Fsp3) is 0.409. The van der Waals surface area contributed by atoms with Gasteiger partial charge in [0, 0.05) is 33.9 Å². The van der Waals surface area contributed by atoms with Gasteiger partial charge in [-0.3, -0.25) is 4.79 Å². The molecule has 6 heteroatoms. The molecule has 1 unspecified atom stereocenters. The zero-order valence-electron chi connectivity index (χ0n) is 16.1. The van der Waals surface area contributed by atoms with Gasteiger partial charge in [0.05, 0.1) is 6.04 Å². The molecule has 1 amide bonds. The Labute approximate surface area is 170 Å². The standard InChI is InChI=1S/C22H26ClN3O2/c1-12-20(25-17-8-6-16(23)7-9-17)18-11-15(22(24)28)5-10-19(18)26(13(2)27)21(12)14-3-4-14/h5-14,20-21,25,27H,3-4H2,1-2H3,(H2,24,28)/t12-,13?,20-,21-/m1/s1. The number of nitrogens with two attached hydrogens (primary N) is 1. The minimum atomic E-state index is -0.609. The Kier molecular flexibility index (Phi) is 4.98. The number of anilines is 2. The Morgan fingerprint density at radius 2 is 1.93 bits per heavy atom. The second-order valence-corrected chi connectivity index (χ2v) is 8.43. The van der Waals surface area contributed by atoms with Gasteiger partial charge in [-0.25, -0.2) is 0 Å². The molecule has 2 aromatic rings. The third-order valence-corrected chi connectivity index (χ3v) is 6.24. The maximum absolute atomic E-state index is 11.8. The fourth-order valence-corrected chi connectivity index (χ4v) is 4.69. The Morgan fingerprint density at radius 1 is 1.25 bits per heavy atom. The fourth-order valence-electron chi connectivity index (χ4n) is 4.57. The van der Waals surface area contributed by atoms with E-state index < -0.39 is 12.1 Å². The first-order chi connectivity index (χ1) is 13.4. The molecule has 0 bridgehead atoms. The van der Waals surface area contributed by atoms with Crippen LogP contribution in [0.4, 0.5) is 11.4 Å². The zero-order valence-corrected chi connectivity index (χ0v) is 16.9. The smallest absolute Gasteiger partial charge is 0.248 e. The molecule has 0 radical (unpaired) electrons. The van der Waals surface area contributed by atoms with E-state index in [9.17, 15) is 9.90 Å². The van der Waals surface area contributed by atoms with Crippen LogP contribution in [-0.2, 0) is 0 Å². The first kappa shape index (κ1) is 19.1. The molecule has 1 fully saturated rings. The van der Waals surface area contributed by atoms with Crippen LogP contribution in [0.5, 0.6) is 0 Å². The van der Waals surface area contributed by atoms with Crippen LogP contribution < -0.4 is 16.0 Å². The largest absolute Gasteiger partial charge is 0.378 e. The number of aliphatic hydroxyl groups is 1. The lowest BCUT2D eigenvalue weighted by atomic mass is 9.79. The van der Waals surface area contributed by atoms with Crippen molar-refractivity contribution in [2.45, 2.75) is 45.0 Å². The van der Waals surface area contributed by atoms with E-state index in [0.717, 1.165) is 16.9 Å². The van der Waals surface area contributed by atoms with Crippen molar-refractivity contribution in [3.8, 4) is 0 Å². The lowest BCUT2D eigenvalue weighted by molar-refractivity contribution is 0.1000. The van der Waals surface area contributed by atoms with E-state index in [4.69, 9.17) is 17.3 Å². The maximum atomic E-state index is 11.8. The number of rotatable bonds is 5. The number of halogens is 1. The molecule has 1 saturated carbocycles. The number of hydrogen-bond donors (Lipinski definition) is 3. The summed E-state index contributed by atoms with van der Waals surface area (Å²) in [5.74, 6) is 0.352. The number of benzene rings is 2. The molecule has 5 nitrogen and oxygen atoms in total. The van der Waals surface area contributed by atoms with Crippen LogP contribution in [-0.4, -0.2) is 23.3 Å². The summed E-state index contributed by atoms with van der Waals surface area (Å²) in [4.78, 5) is 13.9. The van der Waals surface area contributed by atoms with Crippen LogP contribution in [0.1, 0.15) is 48.7 Å². The first-order valence-corrected chi connectivity index (χ1v) is 10.2. The molecule has 2 aromatic carbocycles. The minimum absolute atomic E-state index is 0.00363. The number of carbonyl (C=O) groups is 1. The second-order valence-electron chi connectivity index (χ2n) is 7.99. The van der Waals surface area contributed by atoms with Crippen LogP contribution in [0.15, 0.2) is 42.5 Å². The van der Waals surface area contributed by atoms with Gasteiger partial charge in [-0.15, -0.1) is 0 Å². The quantitative estimate of drug-likeness (QED) is 0.705. The lowest BCUT2D eigenvalue weighted by Crippen LogP contribution is -2.52. The lowest BCUT2D eigenvalue weighted by Gasteiger charge is -2.48. The van der Waals surface area contributed by atoms with Crippen LogP contribution in [0.3, 0.4) is 0 Å². The molecule has 4 rings (SSSR count). The Bertz CT molecular complexity index is 880. The van der Waals surface area contributed by atoms with E-state index in [0.29, 0.717) is 16.5 Å². The summed E-state index contributed by atoms with van der Waals surface area (Å²) in [7, 11) is 0. The third-order valence-electron chi connectivity index (χ3n) is 5.98. The molecule has 4 N–H and O–H groups in total. The van der Waals surface area contributed by atoms with Crippen LogP contribution >= 0.6 is 11.6 Å². The van der Waals surface area contributed by atoms with Crippen molar-refractivity contribution in [1.29, 1.82) is 0 Å². The molecule has 1 aliphatic carbocycles. The van der Waals surface area contributed by atoms with Gasteiger partial charge < -0.3 is 21.1 Å². The monoisotopic (exact) mass is 399 g/mol. The SMILES string of the molecule is CC(O)N1c2ccc(C(N)=O)cc2[C@H](Nc2ccc(Cl)cc2)[C@@H](C)[C@@H]1C1CC1. The van der Waals surface area contributed by atoms with E-state index in [-0.39, 0.29) is 18.0 Å². The van der Waals surface area contributed by atoms with Crippen LogP contribution in [0, 0.1) is 11.8 Å². The summed E-state index contributed by atoms with van der Waals surface area (Å²) >= 11 is 6.03. The van der Waals surface area contributed by atoms with Gasteiger partial charge in [-0.05, 0) is 73.7 Å². The van der Waals surface area contributed by atoms with Crippen molar-refractivity contribution in [3.05, 3.63) is 58.6 Å². The van der Waals surface area contributed by atoms with Crippen LogP contribution in [0.2, 0.25) is 5.02 Å². The maximum Gasteiger partial charge on any atom is 0.248 e. The summed E-state index contributed by atoms with van der Waals surface area (Å²) in [6.07, 6.45) is 1.75. The summed E-state index contributed by atoms with van der Waals surface area (Å²) < 4.78 is 0. The predicted octanol–water partition coefficient (Wildman–Crippen LogP) is 4.17. The summed E-state index contributed by atoms with van der Waals surface area (Å²) in [6, 6.07) is 13.4. The van der Waals surface area contributed by atoms with Crippen LogP contribution in [0.25, 0.3) is 0 Å². The average molecular weight is 400 g/mol. The predicted molar refractivity (Wildman–Crippen MR) is 113 cm³/mol. The van der Waals surface area contributed by atoms with Gasteiger partial charge >= 0.3 is 0 Å². The van der Waals surface area contributed by atoms with E-state index in [1.54, 1.807) is 13.0 Å². The molecule has 1 heterocycles. The second kappa shape index (κ2) is 7.30. The Morgan fingerprint density at radius 3 is 2.50 bits per heavy atom. The highest BCUT2D eigenvalue weighted by Crippen LogP contribution is 2.50. The molecule has 148 valence electrons. The molecule has 28 heavy (non-hydrogen) atoms. The van der Waals surface area contributed by atoms with Gasteiger partial charge in [0.15, 0.2) is 0 Å². The first-order valence-electron chi connectivity index (χ1n) is 9.79. The van der Waals surface area contributed by atoms with Gasteiger partial charge in [0.2, 0.25) is 5.91 Å². The summed E-state index contributed by atoms with van der Waals surface area (Å²) in [5.41, 5.74) is 8.93.